The van der Waals surface area contributed by atoms with E-state index in [-0.39, 0.29) is 10.8 Å². The number of hydrogen-bond donors (Lipinski definition) is 2. The monoisotopic (exact) mass is 389 g/mol. The van der Waals surface area contributed by atoms with Gasteiger partial charge in [0.2, 0.25) is 0 Å². The number of rotatable bonds is 5. The van der Waals surface area contributed by atoms with Crippen molar-refractivity contribution in [3.05, 3.63) is 53.6 Å². The molecule has 144 valence electrons. The number of sulfonamides is 1. The molecule has 1 fully saturated rings. The van der Waals surface area contributed by atoms with Gasteiger partial charge in [-0.3, -0.25) is 9.52 Å². The summed E-state index contributed by atoms with van der Waals surface area (Å²) in [5.41, 5.74) is 2.82. The number of ether oxygens (including phenoxy) is 1. The Morgan fingerprint density at radius 1 is 1.07 bits per heavy atom. The summed E-state index contributed by atoms with van der Waals surface area (Å²) in [6, 6.07) is 11.5. The van der Waals surface area contributed by atoms with Crippen molar-refractivity contribution in [2.75, 3.05) is 43.0 Å². The van der Waals surface area contributed by atoms with Crippen molar-refractivity contribution in [2.24, 2.45) is 0 Å². The first-order valence-electron chi connectivity index (χ1n) is 8.69. The fourth-order valence-corrected chi connectivity index (χ4v) is 4.04. The van der Waals surface area contributed by atoms with Crippen LogP contribution in [0.5, 0.6) is 0 Å². The highest BCUT2D eigenvalue weighted by Crippen LogP contribution is 2.25. The second kappa shape index (κ2) is 7.98. The van der Waals surface area contributed by atoms with Crippen LogP contribution in [0.15, 0.2) is 47.4 Å². The molecule has 0 spiro atoms. The van der Waals surface area contributed by atoms with Crippen molar-refractivity contribution in [2.45, 2.75) is 11.8 Å². The number of amides is 1. The number of carbonyl (C=O) groups is 1. The number of aryl methyl sites for hydroxylation is 1. The van der Waals surface area contributed by atoms with Gasteiger partial charge in [-0.15, -0.1) is 0 Å². The predicted molar refractivity (Wildman–Crippen MR) is 105 cm³/mol. The highest BCUT2D eigenvalue weighted by molar-refractivity contribution is 7.92. The predicted octanol–water partition coefficient (Wildman–Crippen LogP) is 1.99. The second-order valence-electron chi connectivity index (χ2n) is 6.31. The summed E-state index contributed by atoms with van der Waals surface area (Å²) in [7, 11) is -2.21. The van der Waals surface area contributed by atoms with Crippen molar-refractivity contribution in [1.29, 1.82) is 0 Å². The Morgan fingerprint density at radius 2 is 1.74 bits per heavy atom. The lowest BCUT2D eigenvalue weighted by atomic mass is 10.1. The van der Waals surface area contributed by atoms with Gasteiger partial charge in [0.15, 0.2) is 0 Å². The largest absolute Gasteiger partial charge is 0.378 e. The maximum atomic E-state index is 12.7. The lowest BCUT2D eigenvalue weighted by Crippen LogP contribution is -2.36. The average Bonchev–Trinajstić information content (AvgIpc) is 2.69. The van der Waals surface area contributed by atoms with Gasteiger partial charge in [-0.2, -0.15) is 0 Å². The minimum absolute atomic E-state index is 0.104. The van der Waals surface area contributed by atoms with E-state index in [0.29, 0.717) is 24.5 Å². The summed E-state index contributed by atoms with van der Waals surface area (Å²) in [6.45, 7) is 4.90. The third kappa shape index (κ3) is 4.40. The van der Waals surface area contributed by atoms with Crippen LogP contribution in [0.25, 0.3) is 0 Å². The number of nitrogens with zero attached hydrogens (tertiary/aromatic N) is 1. The van der Waals surface area contributed by atoms with Gasteiger partial charge in [-0.05, 0) is 55.0 Å². The van der Waals surface area contributed by atoms with Gasteiger partial charge in [0, 0.05) is 31.4 Å². The van der Waals surface area contributed by atoms with E-state index in [1.54, 1.807) is 6.07 Å². The number of carbonyl (C=O) groups excluding carboxylic acids is 1. The number of nitrogens with one attached hydrogen (secondary N) is 2. The van der Waals surface area contributed by atoms with Gasteiger partial charge in [0.1, 0.15) is 0 Å². The molecule has 0 aliphatic carbocycles. The van der Waals surface area contributed by atoms with Crippen LogP contribution in [0.1, 0.15) is 15.9 Å². The number of anilines is 2. The highest BCUT2D eigenvalue weighted by Gasteiger charge is 2.17. The highest BCUT2D eigenvalue weighted by atomic mass is 32.2. The Morgan fingerprint density at radius 3 is 2.33 bits per heavy atom. The van der Waals surface area contributed by atoms with Crippen LogP contribution in [0, 0.1) is 6.92 Å². The van der Waals surface area contributed by atoms with Gasteiger partial charge in [0.05, 0.1) is 23.8 Å². The minimum atomic E-state index is -3.74. The van der Waals surface area contributed by atoms with Gasteiger partial charge < -0.3 is 15.0 Å². The first-order valence-corrected chi connectivity index (χ1v) is 10.2. The number of benzene rings is 2. The molecule has 8 heteroatoms. The van der Waals surface area contributed by atoms with E-state index in [1.807, 2.05) is 19.1 Å². The summed E-state index contributed by atoms with van der Waals surface area (Å²) >= 11 is 0. The Bertz CT molecular complexity index is 920. The first kappa shape index (κ1) is 19.2. The topological polar surface area (TPSA) is 87.7 Å². The third-order valence-corrected chi connectivity index (χ3v) is 5.87. The van der Waals surface area contributed by atoms with Crippen molar-refractivity contribution in [3.63, 3.8) is 0 Å². The van der Waals surface area contributed by atoms with Crippen LogP contribution < -0.4 is 14.9 Å². The molecule has 0 atom stereocenters. The Labute approximate surface area is 159 Å². The molecule has 1 amide bonds. The fourth-order valence-electron chi connectivity index (χ4n) is 2.91. The minimum Gasteiger partial charge on any atom is -0.378 e. The van der Waals surface area contributed by atoms with E-state index in [4.69, 9.17) is 4.74 Å². The lowest BCUT2D eigenvalue weighted by molar-refractivity contribution is 0.0963. The molecular formula is C19H23N3O4S. The van der Waals surface area contributed by atoms with Gasteiger partial charge in [0.25, 0.3) is 15.9 Å². The van der Waals surface area contributed by atoms with Crippen LogP contribution in [0.2, 0.25) is 0 Å². The van der Waals surface area contributed by atoms with E-state index in [2.05, 4.69) is 14.9 Å². The summed E-state index contributed by atoms with van der Waals surface area (Å²) in [5, 5.41) is 2.50. The average molecular weight is 389 g/mol. The van der Waals surface area contributed by atoms with Crippen molar-refractivity contribution >= 4 is 27.3 Å². The third-order valence-electron chi connectivity index (χ3n) is 4.48. The molecule has 0 saturated carbocycles. The van der Waals surface area contributed by atoms with Crippen LogP contribution in [0.4, 0.5) is 11.4 Å². The molecule has 0 unspecified atom stereocenters. The van der Waals surface area contributed by atoms with Crippen molar-refractivity contribution in [3.8, 4) is 0 Å². The summed E-state index contributed by atoms with van der Waals surface area (Å²) in [4.78, 5) is 13.9. The quantitative estimate of drug-likeness (QED) is 0.817. The molecule has 1 aliphatic heterocycles. The van der Waals surface area contributed by atoms with Crippen LogP contribution >= 0.6 is 0 Å². The number of morpholine rings is 1. The maximum Gasteiger partial charge on any atom is 0.261 e. The van der Waals surface area contributed by atoms with E-state index >= 15 is 0 Å². The Kier molecular flexibility index (Phi) is 5.67. The van der Waals surface area contributed by atoms with E-state index < -0.39 is 10.0 Å². The molecule has 2 aromatic rings. The molecule has 3 rings (SSSR count). The molecule has 2 aromatic carbocycles. The maximum absolute atomic E-state index is 12.7. The molecule has 7 nitrogen and oxygen atoms in total. The molecule has 27 heavy (non-hydrogen) atoms. The van der Waals surface area contributed by atoms with Gasteiger partial charge in [-0.25, -0.2) is 8.42 Å². The zero-order valence-electron chi connectivity index (χ0n) is 15.4. The molecule has 1 saturated heterocycles. The first-order chi connectivity index (χ1) is 12.9. The second-order valence-corrected chi connectivity index (χ2v) is 7.99. The van der Waals surface area contributed by atoms with E-state index in [9.17, 15) is 13.2 Å². The summed E-state index contributed by atoms with van der Waals surface area (Å²) in [6.07, 6.45) is 0. The van der Waals surface area contributed by atoms with Crippen LogP contribution in [0.3, 0.4) is 0 Å². The Balaban J connectivity index is 1.78. The van der Waals surface area contributed by atoms with Crippen molar-refractivity contribution in [1.82, 2.24) is 5.32 Å². The van der Waals surface area contributed by atoms with Crippen LogP contribution in [-0.4, -0.2) is 47.7 Å². The van der Waals surface area contributed by atoms with Gasteiger partial charge >= 0.3 is 0 Å². The smallest absolute Gasteiger partial charge is 0.261 e. The lowest BCUT2D eigenvalue weighted by Gasteiger charge is -2.29. The van der Waals surface area contributed by atoms with Gasteiger partial charge in [-0.1, -0.05) is 0 Å². The van der Waals surface area contributed by atoms with Crippen LogP contribution in [-0.2, 0) is 14.8 Å². The van der Waals surface area contributed by atoms with Crippen molar-refractivity contribution < 1.29 is 17.9 Å². The normalized spacial score (nSPS) is 14.7. The number of hydrogen-bond acceptors (Lipinski definition) is 5. The van der Waals surface area contributed by atoms with E-state index in [0.717, 1.165) is 24.3 Å². The Hall–Kier alpha value is -2.58. The molecular weight excluding hydrogens is 366 g/mol. The zero-order valence-corrected chi connectivity index (χ0v) is 16.2. The molecule has 1 heterocycles. The molecule has 1 aliphatic rings. The molecule has 0 radical (unpaired) electrons. The molecule has 2 N–H and O–H groups in total. The standard InChI is InChI=1S/C19H23N3O4S/c1-14-13-16(22-9-11-26-12-10-22)5-8-18(14)21-27(24,25)17-6-3-15(4-7-17)19(23)20-2/h3-8,13,21H,9-12H2,1-2H3,(H,20,23). The SMILES string of the molecule is CNC(=O)c1ccc(S(=O)(=O)Nc2ccc(N3CCOCC3)cc2C)cc1. The van der Waals surface area contributed by atoms with E-state index in [1.165, 1.54) is 31.3 Å². The summed E-state index contributed by atoms with van der Waals surface area (Å²) in [5.74, 6) is -0.263. The molecule has 0 bridgehead atoms. The fraction of sp³-hybridized carbons (Fsp3) is 0.316. The molecule has 0 aromatic heterocycles. The summed E-state index contributed by atoms with van der Waals surface area (Å²) < 4.78 is 33.3. The zero-order chi connectivity index (χ0) is 19.4.